The van der Waals surface area contributed by atoms with E-state index >= 15 is 0 Å². The van der Waals surface area contributed by atoms with Gasteiger partial charge in [-0.3, -0.25) is 0 Å². The average Bonchev–Trinajstić information content (AvgIpc) is 2.27. The summed E-state index contributed by atoms with van der Waals surface area (Å²) in [6.45, 7) is 0. The van der Waals surface area contributed by atoms with Gasteiger partial charge in [-0.1, -0.05) is 0 Å². The van der Waals surface area contributed by atoms with Crippen molar-refractivity contribution < 1.29 is 18.3 Å². The molecular weight excluding hydrogens is 242 g/mol. The molecule has 1 rings (SSSR count). The lowest BCUT2D eigenvalue weighted by molar-refractivity contribution is 0.0601. The van der Waals surface area contributed by atoms with E-state index in [9.17, 15) is 13.6 Å². The Morgan fingerprint density at radius 2 is 2.31 bits per heavy atom. The van der Waals surface area contributed by atoms with Crippen LogP contribution in [0.3, 0.4) is 0 Å². The van der Waals surface area contributed by atoms with Crippen molar-refractivity contribution in [3.63, 3.8) is 0 Å². The quantitative estimate of drug-likeness (QED) is 0.659. The summed E-state index contributed by atoms with van der Waals surface area (Å²) in [5, 5.41) is 0. The molecule has 16 heavy (non-hydrogen) atoms. The number of ether oxygens (including phenoxy) is 1. The fourth-order valence-corrected chi connectivity index (χ4v) is 1.37. The van der Waals surface area contributed by atoms with Crippen molar-refractivity contribution in [3.8, 4) is 0 Å². The minimum Gasteiger partial charge on any atom is -0.465 e. The molecule has 0 spiro atoms. The molecule has 0 saturated heterocycles. The number of hydrogen-bond acceptors (Lipinski definition) is 4. The minimum absolute atomic E-state index is 0.0614. The van der Waals surface area contributed by atoms with Crippen molar-refractivity contribution in [2.45, 2.75) is 12.3 Å². The number of halogens is 3. The predicted octanol–water partition coefficient (Wildman–Crippen LogP) is 2.13. The first-order chi connectivity index (χ1) is 7.51. The summed E-state index contributed by atoms with van der Waals surface area (Å²) in [6, 6.07) is 1.17. The lowest BCUT2D eigenvalue weighted by Crippen LogP contribution is -2.11. The molecule has 0 atom stereocenters. The number of nitrogens with zero attached hydrogens (tertiary/aromatic N) is 1. The maximum atomic E-state index is 12.5. The lowest BCUT2D eigenvalue weighted by atomic mass is 10.1. The van der Waals surface area contributed by atoms with Gasteiger partial charge in [-0.05, 0) is 11.6 Å². The lowest BCUT2D eigenvalue weighted by Gasteiger charge is -2.09. The van der Waals surface area contributed by atoms with Crippen LogP contribution in [0.25, 0.3) is 0 Å². The second-order valence-electron chi connectivity index (χ2n) is 2.89. The number of nitrogen functional groups attached to an aromatic ring is 1. The Morgan fingerprint density at radius 1 is 1.69 bits per heavy atom. The van der Waals surface area contributed by atoms with E-state index in [1.54, 1.807) is 0 Å². The van der Waals surface area contributed by atoms with Gasteiger partial charge >= 0.3 is 5.97 Å². The van der Waals surface area contributed by atoms with Crippen molar-refractivity contribution in [2.75, 3.05) is 12.8 Å². The zero-order valence-corrected chi connectivity index (χ0v) is 9.09. The van der Waals surface area contributed by atoms with Gasteiger partial charge in [0.05, 0.1) is 7.11 Å². The van der Waals surface area contributed by atoms with Crippen molar-refractivity contribution in [2.24, 2.45) is 0 Å². The molecule has 0 radical (unpaired) electrons. The topological polar surface area (TPSA) is 65.2 Å². The van der Waals surface area contributed by atoms with Crippen molar-refractivity contribution in [1.82, 2.24) is 4.98 Å². The number of methoxy groups -OCH3 is 1. The normalized spacial score (nSPS) is 10.6. The summed E-state index contributed by atoms with van der Waals surface area (Å²) in [5.41, 5.74) is 4.85. The fraction of sp³-hybridized carbons (Fsp3) is 0.333. The Hall–Kier alpha value is -1.43. The summed E-state index contributed by atoms with van der Waals surface area (Å²) in [5.74, 6) is -1.22. The molecule has 1 aromatic heterocycles. The number of alkyl halides is 3. The van der Waals surface area contributed by atoms with Crippen LogP contribution in [0.2, 0.25) is 0 Å². The first-order valence-electron chi connectivity index (χ1n) is 4.23. The van der Waals surface area contributed by atoms with Crippen LogP contribution in [-0.2, 0) is 10.6 Å². The average molecular weight is 251 g/mol. The van der Waals surface area contributed by atoms with Crippen molar-refractivity contribution >= 4 is 23.4 Å². The van der Waals surface area contributed by atoms with Gasteiger partial charge in [0.15, 0.2) is 0 Å². The molecule has 0 saturated carbocycles. The zero-order valence-electron chi connectivity index (χ0n) is 8.34. The number of aromatic nitrogens is 1. The van der Waals surface area contributed by atoms with Gasteiger partial charge in [0.1, 0.15) is 17.1 Å². The van der Waals surface area contributed by atoms with Crippen LogP contribution in [0.15, 0.2) is 6.07 Å². The molecule has 88 valence electrons. The second kappa shape index (κ2) is 5.07. The van der Waals surface area contributed by atoms with Crippen LogP contribution in [0.1, 0.15) is 28.0 Å². The Bertz CT molecular complexity index is 413. The summed E-state index contributed by atoms with van der Waals surface area (Å²) in [7, 11) is 1.16. The third kappa shape index (κ3) is 2.38. The van der Waals surface area contributed by atoms with Crippen LogP contribution in [-0.4, -0.2) is 18.1 Å². The summed E-state index contributed by atoms with van der Waals surface area (Å²) < 4.78 is 29.5. The number of anilines is 1. The Balaban J connectivity index is 3.31. The van der Waals surface area contributed by atoms with E-state index in [0.717, 1.165) is 7.11 Å². The molecular formula is C9H9ClF2N2O2. The number of rotatable bonds is 3. The highest BCUT2D eigenvalue weighted by atomic mass is 35.5. The Labute approximate surface area is 95.4 Å². The fourth-order valence-electron chi connectivity index (χ4n) is 1.15. The maximum Gasteiger partial charge on any atom is 0.341 e. The summed E-state index contributed by atoms with van der Waals surface area (Å²) in [6.07, 6.45) is -2.79. The van der Waals surface area contributed by atoms with Gasteiger partial charge in [0.2, 0.25) is 0 Å². The third-order valence-electron chi connectivity index (χ3n) is 1.92. The van der Waals surface area contributed by atoms with Gasteiger partial charge in [-0.15, -0.1) is 11.6 Å². The maximum absolute atomic E-state index is 12.5. The zero-order chi connectivity index (χ0) is 12.3. The largest absolute Gasteiger partial charge is 0.465 e. The highest BCUT2D eigenvalue weighted by Gasteiger charge is 2.20. The number of pyridine rings is 1. The van der Waals surface area contributed by atoms with Crippen LogP contribution >= 0.6 is 11.6 Å². The van der Waals surface area contributed by atoms with E-state index in [-0.39, 0.29) is 22.8 Å². The molecule has 0 aliphatic carbocycles. The van der Waals surface area contributed by atoms with Crippen molar-refractivity contribution in [1.29, 1.82) is 0 Å². The molecule has 1 heterocycles. The number of carbonyl (C=O) groups is 1. The van der Waals surface area contributed by atoms with E-state index in [0.29, 0.717) is 0 Å². The molecule has 7 heteroatoms. The van der Waals surface area contributed by atoms with E-state index < -0.39 is 18.1 Å². The van der Waals surface area contributed by atoms with Crippen LogP contribution in [0.4, 0.5) is 14.6 Å². The van der Waals surface area contributed by atoms with E-state index in [4.69, 9.17) is 17.3 Å². The highest BCUT2D eigenvalue weighted by molar-refractivity contribution is 6.17. The smallest absolute Gasteiger partial charge is 0.341 e. The molecule has 0 aromatic carbocycles. The van der Waals surface area contributed by atoms with Gasteiger partial charge in [-0.25, -0.2) is 18.6 Å². The van der Waals surface area contributed by atoms with Crippen LogP contribution < -0.4 is 5.73 Å². The first kappa shape index (κ1) is 12.6. The van der Waals surface area contributed by atoms with Gasteiger partial charge in [-0.2, -0.15) is 0 Å². The second-order valence-corrected chi connectivity index (χ2v) is 3.16. The molecule has 1 aromatic rings. The molecule has 0 aliphatic heterocycles. The monoisotopic (exact) mass is 250 g/mol. The Morgan fingerprint density at radius 3 is 2.75 bits per heavy atom. The molecule has 0 aliphatic rings. The molecule has 0 fully saturated rings. The summed E-state index contributed by atoms with van der Waals surface area (Å²) >= 11 is 5.48. The number of esters is 1. The van der Waals surface area contributed by atoms with E-state index in [2.05, 4.69) is 9.72 Å². The first-order valence-corrected chi connectivity index (χ1v) is 4.76. The Kier molecular flexibility index (Phi) is 4.00. The van der Waals surface area contributed by atoms with Gasteiger partial charge < -0.3 is 10.5 Å². The molecule has 0 unspecified atom stereocenters. The van der Waals surface area contributed by atoms with Crippen LogP contribution in [0, 0.1) is 0 Å². The summed E-state index contributed by atoms with van der Waals surface area (Å²) in [4.78, 5) is 14.7. The SMILES string of the molecule is COC(=O)c1cc(CCl)c(C(F)F)nc1N. The van der Waals surface area contributed by atoms with Gasteiger partial charge in [0.25, 0.3) is 6.43 Å². The minimum atomic E-state index is -2.79. The molecule has 0 bridgehead atoms. The number of nitrogens with two attached hydrogens (primary N) is 1. The van der Waals surface area contributed by atoms with Gasteiger partial charge in [0, 0.05) is 5.88 Å². The van der Waals surface area contributed by atoms with E-state index in [1.807, 2.05) is 0 Å². The highest BCUT2D eigenvalue weighted by Crippen LogP contribution is 2.25. The number of carbonyl (C=O) groups excluding carboxylic acids is 1. The molecule has 4 nitrogen and oxygen atoms in total. The molecule has 2 N–H and O–H groups in total. The predicted molar refractivity (Wildman–Crippen MR) is 54.5 cm³/mol. The van der Waals surface area contributed by atoms with Crippen LogP contribution in [0.5, 0.6) is 0 Å². The third-order valence-corrected chi connectivity index (χ3v) is 2.21. The standard InChI is InChI=1S/C9H9ClF2N2O2/c1-16-9(15)5-2-4(3-10)6(7(11)12)14-8(5)13/h2,7H,3H2,1H3,(H2,13,14). The van der Waals surface area contributed by atoms with E-state index in [1.165, 1.54) is 6.07 Å². The van der Waals surface area contributed by atoms with Crippen molar-refractivity contribution in [3.05, 3.63) is 22.9 Å². The molecule has 0 amide bonds. The number of hydrogen-bond donors (Lipinski definition) is 1.